The SMILES string of the molecule is OC1CCC2(CC1)CCC(O)CC2. The Morgan fingerprint density at radius 2 is 1.00 bits per heavy atom. The van der Waals surface area contributed by atoms with E-state index in [1.807, 2.05) is 0 Å². The molecule has 76 valence electrons. The molecule has 2 fully saturated rings. The lowest BCUT2D eigenvalue weighted by molar-refractivity contribution is 0.00503. The molecule has 2 aliphatic rings. The van der Waals surface area contributed by atoms with Gasteiger partial charge in [0, 0.05) is 0 Å². The Hall–Kier alpha value is -0.0800. The average molecular weight is 184 g/mol. The van der Waals surface area contributed by atoms with Crippen LogP contribution in [0.15, 0.2) is 0 Å². The molecule has 0 bridgehead atoms. The van der Waals surface area contributed by atoms with Crippen molar-refractivity contribution >= 4 is 0 Å². The molecule has 13 heavy (non-hydrogen) atoms. The third-order valence-electron chi connectivity index (χ3n) is 4.03. The molecule has 2 saturated carbocycles. The number of rotatable bonds is 0. The van der Waals surface area contributed by atoms with Gasteiger partial charge in [0.1, 0.15) is 0 Å². The maximum Gasteiger partial charge on any atom is 0.0540 e. The first-order valence-corrected chi connectivity index (χ1v) is 5.56. The maximum absolute atomic E-state index is 9.43. The van der Waals surface area contributed by atoms with Gasteiger partial charge in [0.25, 0.3) is 0 Å². The van der Waals surface area contributed by atoms with Gasteiger partial charge in [-0.15, -0.1) is 0 Å². The van der Waals surface area contributed by atoms with Gasteiger partial charge >= 0.3 is 0 Å². The van der Waals surface area contributed by atoms with Crippen LogP contribution in [-0.2, 0) is 0 Å². The summed E-state index contributed by atoms with van der Waals surface area (Å²) >= 11 is 0. The van der Waals surface area contributed by atoms with Crippen molar-refractivity contribution in [3.8, 4) is 0 Å². The highest BCUT2D eigenvalue weighted by Gasteiger charge is 2.37. The lowest BCUT2D eigenvalue weighted by Gasteiger charge is -2.43. The molecule has 2 nitrogen and oxygen atoms in total. The van der Waals surface area contributed by atoms with Crippen molar-refractivity contribution < 1.29 is 10.2 Å². The van der Waals surface area contributed by atoms with Gasteiger partial charge in [-0.2, -0.15) is 0 Å². The molecule has 0 aromatic heterocycles. The van der Waals surface area contributed by atoms with E-state index in [0.29, 0.717) is 5.41 Å². The highest BCUT2D eigenvalue weighted by atomic mass is 16.3. The summed E-state index contributed by atoms with van der Waals surface area (Å²) in [5.74, 6) is 0. The molecule has 2 rings (SSSR count). The summed E-state index contributed by atoms with van der Waals surface area (Å²) in [6.07, 6.45) is 8.57. The van der Waals surface area contributed by atoms with Crippen LogP contribution in [0.25, 0.3) is 0 Å². The summed E-state index contributed by atoms with van der Waals surface area (Å²) in [5, 5.41) is 18.9. The monoisotopic (exact) mass is 184 g/mol. The Balaban J connectivity index is 1.90. The van der Waals surface area contributed by atoms with Crippen molar-refractivity contribution in [2.75, 3.05) is 0 Å². The first-order valence-electron chi connectivity index (χ1n) is 5.56. The van der Waals surface area contributed by atoms with Crippen LogP contribution in [-0.4, -0.2) is 22.4 Å². The number of aliphatic hydroxyl groups is 2. The van der Waals surface area contributed by atoms with E-state index in [9.17, 15) is 10.2 Å². The Labute approximate surface area is 80.0 Å². The molecule has 0 heterocycles. The third-order valence-corrected chi connectivity index (χ3v) is 4.03. The van der Waals surface area contributed by atoms with Crippen LogP contribution >= 0.6 is 0 Å². The van der Waals surface area contributed by atoms with Crippen molar-refractivity contribution in [3.05, 3.63) is 0 Å². The van der Waals surface area contributed by atoms with Crippen LogP contribution in [0.5, 0.6) is 0 Å². The summed E-state index contributed by atoms with van der Waals surface area (Å²) in [6.45, 7) is 0. The largest absolute Gasteiger partial charge is 0.393 e. The molecule has 0 aromatic rings. The molecule has 0 aromatic carbocycles. The van der Waals surface area contributed by atoms with Crippen LogP contribution in [0.2, 0.25) is 0 Å². The molecule has 2 N–H and O–H groups in total. The minimum absolute atomic E-state index is 0.0440. The van der Waals surface area contributed by atoms with E-state index in [1.54, 1.807) is 0 Å². The van der Waals surface area contributed by atoms with Gasteiger partial charge in [-0.05, 0) is 56.8 Å². The molecule has 0 amide bonds. The molecule has 1 spiro atoms. The fourth-order valence-electron chi connectivity index (χ4n) is 2.93. The normalized spacial score (nSPS) is 46.6. The van der Waals surface area contributed by atoms with Gasteiger partial charge in [0.2, 0.25) is 0 Å². The molecular weight excluding hydrogens is 164 g/mol. The highest BCUT2D eigenvalue weighted by molar-refractivity contribution is 4.89. The highest BCUT2D eigenvalue weighted by Crippen LogP contribution is 2.47. The fourth-order valence-corrected chi connectivity index (χ4v) is 2.93. The second-order valence-electron chi connectivity index (χ2n) is 4.96. The quantitative estimate of drug-likeness (QED) is 0.603. The van der Waals surface area contributed by atoms with Gasteiger partial charge < -0.3 is 10.2 Å². The lowest BCUT2D eigenvalue weighted by Crippen LogP contribution is -2.34. The molecule has 2 heteroatoms. The van der Waals surface area contributed by atoms with E-state index in [4.69, 9.17) is 0 Å². The van der Waals surface area contributed by atoms with E-state index in [0.717, 1.165) is 25.7 Å². The van der Waals surface area contributed by atoms with Gasteiger partial charge in [-0.3, -0.25) is 0 Å². The Morgan fingerprint density at radius 1 is 0.692 bits per heavy atom. The van der Waals surface area contributed by atoms with Gasteiger partial charge in [-0.1, -0.05) is 0 Å². The molecule has 0 unspecified atom stereocenters. The maximum atomic E-state index is 9.43. The minimum Gasteiger partial charge on any atom is -0.393 e. The summed E-state index contributed by atoms with van der Waals surface area (Å²) in [4.78, 5) is 0. The summed E-state index contributed by atoms with van der Waals surface area (Å²) in [6, 6.07) is 0. The van der Waals surface area contributed by atoms with Crippen LogP contribution in [0.3, 0.4) is 0 Å². The molecule has 0 saturated heterocycles. The van der Waals surface area contributed by atoms with E-state index >= 15 is 0 Å². The predicted octanol–water partition coefficient (Wildman–Crippen LogP) is 1.84. The summed E-state index contributed by atoms with van der Waals surface area (Å²) in [5.41, 5.74) is 0.498. The Bertz CT molecular complexity index is 139. The second-order valence-corrected chi connectivity index (χ2v) is 4.96. The molecule has 2 aliphatic carbocycles. The zero-order valence-corrected chi connectivity index (χ0v) is 8.21. The molecule has 0 atom stereocenters. The molecule has 0 radical (unpaired) electrons. The number of hydrogen-bond donors (Lipinski definition) is 2. The number of aliphatic hydroxyl groups excluding tert-OH is 2. The van der Waals surface area contributed by atoms with Gasteiger partial charge in [0.05, 0.1) is 12.2 Å². The van der Waals surface area contributed by atoms with Gasteiger partial charge in [-0.25, -0.2) is 0 Å². The van der Waals surface area contributed by atoms with Gasteiger partial charge in [0.15, 0.2) is 0 Å². The zero-order chi connectivity index (χ0) is 9.31. The Morgan fingerprint density at radius 3 is 1.31 bits per heavy atom. The molecule has 0 aliphatic heterocycles. The standard InChI is InChI=1S/C11H20O2/c12-9-1-5-11(6-2-9)7-3-10(13)4-8-11/h9-10,12-13H,1-8H2. The second kappa shape index (κ2) is 3.58. The number of hydrogen-bond acceptors (Lipinski definition) is 2. The first-order chi connectivity index (χ1) is 6.20. The summed E-state index contributed by atoms with van der Waals surface area (Å²) in [7, 11) is 0. The van der Waals surface area contributed by atoms with E-state index in [2.05, 4.69) is 0 Å². The van der Waals surface area contributed by atoms with Crippen molar-refractivity contribution in [3.63, 3.8) is 0 Å². The van der Waals surface area contributed by atoms with E-state index < -0.39 is 0 Å². The van der Waals surface area contributed by atoms with E-state index in [1.165, 1.54) is 25.7 Å². The summed E-state index contributed by atoms with van der Waals surface area (Å²) < 4.78 is 0. The van der Waals surface area contributed by atoms with Crippen molar-refractivity contribution in [1.82, 2.24) is 0 Å². The van der Waals surface area contributed by atoms with E-state index in [-0.39, 0.29) is 12.2 Å². The van der Waals surface area contributed by atoms with Crippen molar-refractivity contribution in [2.24, 2.45) is 5.41 Å². The van der Waals surface area contributed by atoms with Crippen LogP contribution < -0.4 is 0 Å². The van der Waals surface area contributed by atoms with Crippen LogP contribution in [0, 0.1) is 5.41 Å². The first kappa shape index (κ1) is 9.47. The van der Waals surface area contributed by atoms with Crippen molar-refractivity contribution in [1.29, 1.82) is 0 Å². The predicted molar refractivity (Wildman–Crippen MR) is 51.4 cm³/mol. The lowest BCUT2D eigenvalue weighted by atomic mass is 9.64. The third kappa shape index (κ3) is 2.05. The Kier molecular flexibility index (Phi) is 2.61. The minimum atomic E-state index is -0.0440. The zero-order valence-electron chi connectivity index (χ0n) is 8.21. The average Bonchev–Trinajstić information content (AvgIpc) is 2.16. The fraction of sp³-hybridized carbons (Fsp3) is 1.00. The van der Waals surface area contributed by atoms with Crippen LogP contribution in [0.4, 0.5) is 0 Å². The topological polar surface area (TPSA) is 40.5 Å². The smallest absolute Gasteiger partial charge is 0.0540 e. The van der Waals surface area contributed by atoms with Crippen LogP contribution in [0.1, 0.15) is 51.4 Å². The molecular formula is C11H20O2. The van der Waals surface area contributed by atoms with Crippen molar-refractivity contribution in [2.45, 2.75) is 63.6 Å².